The first-order chi connectivity index (χ1) is 23.5. The smallest absolute Gasteiger partial charge is 0.417 e. The van der Waals surface area contributed by atoms with Crippen LogP contribution in [0, 0.1) is 0 Å². The number of pyridine rings is 1. The van der Waals surface area contributed by atoms with Crippen molar-refractivity contribution in [3.05, 3.63) is 66.0 Å². The van der Waals surface area contributed by atoms with Crippen molar-refractivity contribution in [1.82, 2.24) is 15.2 Å². The van der Waals surface area contributed by atoms with E-state index in [-0.39, 0.29) is 19.8 Å². The predicted molar refractivity (Wildman–Crippen MR) is 189 cm³/mol. The van der Waals surface area contributed by atoms with Crippen molar-refractivity contribution in [3.63, 3.8) is 0 Å². The monoisotopic (exact) mass is 665 g/mol. The van der Waals surface area contributed by atoms with Gasteiger partial charge in [0.25, 0.3) is 5.91 Å². The largest absolute Gasteiger partial charge is 0.446 e. The van der Waals surface area contributed by atoms with Gasteiger partial charge in [0.15, 0.2) is 0 Å². The maximum atomic E-state index is 13.3. The second kappa shape index (κ2) is 23.8. The molecular formula is C39H59N3O6. The molecule has 0 aliphatic carbocycles. The van der Waals surface area contributed by atoms with Crippen molar-refractivity contribution in [2.24, 2.45) is 0 Å². The number of aromatic nitrogens is 1. The molecule has 266 valence electrons. The fourth-order valence-corrected chi connectivity index (χ4v) is 6.02. The highest BCUT2D eigenvalue weighted by Crippen LogP contribution is 2.27. The first-order valence-corrected chi connectivity index (χ1v) is 18.5. The van der Waals surface area contributed by atoms with Gasteiger partial charge in [-0.15, -0.1) is 0 Å². The fraction of sp³-hybridized carbons (Fsp3) is 0.641. The summed E-state index contributed by atoms with van der Waals surface area (Å²) in [6.07, 6.45) is 22.5. The number of alkyl carbamates (subject to hydrolysis) is 1. The number of hydrogen-bond donors (Lipinski definition) is 1. The zero-order valence-electron chi connectivity index (χ0n) is 29.3. The lowest BCUT2D eigenvalue weighted by Gasteiger charge is -2.28. The molecule has 1 fully saturated rings. The molecule has 1 aliphatic rings. The van der Waals surface area contributed by atoms with Crippen LogP contribution in [0.5, 0.6) is 0 Å². The molecule has 0 bridgehead atoms. The number of ether oxygens (including phenoxy) is 3. The standard InChI is InChI=1S/C39H59N3O6/c1-2-3-4-5-6-7-8-9-10-11-12-13-14-15-16-21-29-41-37(44)46-32-39(27-23-30-48-39)33-47-38(45)42(31-35-26-20-22-28-40-35)36(43)34-24-18-17-19-25-34/h17-20,22,24-26,28H,2-16,21,23,27,29-33H2,1H3,(H,41,44). The molecule has 1 atom stereocenters. The van der Waals surface area contributed by atoms with Crippen molar-refractivity contribution < 1.29 is 28.6 Å². The molecule has 1 saturated heterocycles. The molecule has 9 heteroatoms. The van der Waals surface area contributed by atoms with Gasteiger partial charge in [0.2, 0.25) is 0 Å². The quantitative estimate of drug-likeness (QED) is 0.111. The number of carbonyl (C=O) groups is 3. The topological polar surface area (TPSA) is 107 Å². The van der Waals surface area contributed by atoms with Crippen LogP contribution in [-0.2, 0) is 20.8 Å². The van der Waals surface area contributed by atoms with E-state index in [9.17, 15) is 14.4 Å². The summed E-state index contributed by atoms with van der Waals surface area (Å²) < 4.78 is 17.1. The van der Waals surface area contributed by atoms with Crippen molar-refractivity contribution in [1.29, 1.82) is 0 Å². The molecule has 1 aromatic heterocycles. The minimum Gasteiger partial charge on any atom is -0.446 e. The average molecular weight is 666 g/mol. The second-order valence-corrected chi connectivity index (χ2v) is 13.1. The lowest BCUT2D eigenvalue weighted by molar-refractivity contribution is -0.0799. The Morgan fingerprint density at radius 3 is 1.92 bits per heavy atom. The van der Waals surface area contributed by atoms with Crippen LogP contribution in [0.25, 0.3) is 0 Å². The van der Waals surface area contributed by atoms with Crippen LogP contribution >= 0.6 is 0 Å². The molecule has 9 nitrogen and oxygen atoms in total. The minimum absolute atomic E-state index is 0.0421. The first-order valence-electron chi connectivity index (χ1n) is 18.5. The van der Waals surface area contributed by atoms with Gasteiger partial charge in [-0.1, -0.05) is 128 Å². The van der Waals surface area contributed by atoms with Crippen LogP contribution in [0.1, 0.15) is 139 Å². The van der Waals surface area contributed by atoms with Gasteiger partial charge in [-0.2, -0.15) is 0 Å². The summed E-state index contributed by atoms with van der Waals surface area (Å²) in [6, 6.07) is 13.9. The molecule has 2 aromatic rings. The number of nitrogens with one attached hydrogen (secondary N) is 1. The van der Waals surface area contributed by atoms with Crippen LogP contribution in [0.15, 0.2) is 54.7 Å². The van der Waals surface area contributed by atoms with Crippen molar-refractivity contribution in [2.75, 3.05) is 26.4 Å². The van der Waals surface area contributed by atoms with E-state index in [0.717, 1.165) is 24.2 Å². The first kappa shape index (κ1) is 39.0. The molecule has 1 unspecified atom stereocenters. The zero-order chi connectivity index (χ0) is 34.1. The Bertz CT molecular complexity index is 1160. The third-order valence-electron chi connectivity index (χ3n) is 8.94. The van der Waals surface area contributed by atoms with E-state index in [1.807, 2.05) is 0 Å². The molecular weight excluding hydrogens is 606 g/mol. The van der Waals surface area contributed by atoms with Gasteiger partial charge in [-0.25, -0.2) is 14.5 Å². The molecule has 1 aliphatic heterocycles. The van der Waals surface area contributed by atoms with E-state index in [1.54, 1.807) is 54.7 Å². The van der Waals surface area contributed by atoms with Gasteiger partial charge in [0.05, 0.1) is 12.2 Å². The van der Waals surface area contributed by atoms with E-state index < -0.39 is 23.7 Å². The summed E-state index contributed by atoms with van der Waals surface area (Å²) in [6.45, 7) is 3.08. The number of unbranched alkanes of at least 4 members (excludes halogenated alkanes) is 15. The lowest BCUT2D eigenvalue weighted by atomic mass is 10.0. The van der Waals surface area contributed by atoms with Gasteiger partial charge in [0, 0.05) is 24.9 Å². The van der Waals surface area contributed by atoms with Gasteiger partial charge < -0.3 is 19.5 Å². The normalized spacial score (nSPS) is 15.6. The Morgan fingerprint density at radius 2 is 1.35 bits per heavy atom. The van der Waals surface area contributed by atoms with E-state index in [4.69, 9.17) is 14.2 Å². The Kier molecular flexibility index (Phi) is 19.3. The summed E-state index contributed by atoms with van der Waals surface area (Å²) in [7, 11) is 0. The molecule has 3 rings (SSSR count). The Labute approximate surface area is 288 Å². The molecule has 48 heavy (non-hydrogen) atoms. The highest BCUT2D eigenvalue weighted by molar-refractivity contribution is 6.02. The molecule has 3 amide bonds. The van der Waals surface area contributed by atoms with E-state index >= 15 is 0 Å². The van der Waals surface area contributed by atoms with E-state index in [2.05, 4.69) is 17.2 Å². The fourth-order valence-electron chi connectivity index (χ4n) is 6.02. The molecule has 1 N–H and O–H groups in total. The summed E-state index contributed by atoms with van der Waals surface area (Å²) in [5, 5.41) is 2.83. The third-order valence-corrected chi connectivity index (χ3v) is 8.94. The SMILES string of the molecule is CCCCCCCCCCCCCCCCCCNC(=O)OCC1(COC(=O)N(Cc2ccccn2)C(=O)c2ccccc2)CCCO1. The maximum Gasteiger partial charge on any atom is 0.417 e. The van der Waals surface area contributed by atoms with Gasteiger partial charge in [-0.05, 0) is 43.5 Å². The number of amides is 3. The maximum absolute atomic E-state index is 13.3. The number of benzene rings is 1. The van der Waals surface area contributed by atoms with Crippen LogP contribution in [-0.4, -0.2) is 59.9 Å². The Morgan fingerprint density at radius 1 is 0.771 bits per heavy atom. The van der Waals surface area contributed by atoms with Crippen LogP contribution in [0.2, 0.25) is 0 Å². The number of carbonyl (C=O) groups excluding carboxylic acids is 3. The highest BCUT2D eigenvalue weighted by Gasteiger charge is 2.39. The summed E-state index contributed by atoms with van der Waals surface area (Å²) in [5.74, 6) is -0.489. The number of imide groups is 1. The van der Waals surface area contributed by atoms with Crippen LogP contribution < -0.4 is 5.32 Å². The molecule has 0 spiro atoms. The van der Waals surface area contributed by atoms with Crippen molar-refractivity contribution in [3.8, 4) is 0 Å². The average Bonchev–Trinajstić information content (AvgIpc) is 3.59. The third kappa shape index (κ3) is 15.6. The van der Waals surface area contributed by atoms with Crippen LogP contribution in [0.4, 0.5) is 9.59 Å². The van der Waals surface area contributed by atoms with Crippen LogP contribution in [0.3, 0.4) is 0 Å². The number of nitrogens with zero attached hydrogens (tertiary/aromatic N) is 2. The van der Waals surface area contributed by atoms with Crippen molar-refractivity contribution >= 4 is 18.1 Å². The summed E-state index contributed by atoms with van der Waals surface area (Å²) in [5.41, 5.74) is -0.0373. The Balaban J connectivity index is 1.28. The summed E-state index contributed by atoms with van der Waals surface area (Å²) >= 11 is 0. The van der Waals surface area contributed by atoms with Gasteiger partial charge >= 0.3 is 12.2 Å². The number of rotatable bonds is 24. The second-order valence-electron chi connectivity index (χ2n) is 13.1. The molecule has 2 heterocycles. The molecule has 1 aromatic carbocycles. The summed E-state index contributed by atoms with van der Waals surface area (Å²) in [4.78, 5) is 44.3. The zero-order valence-corrected chi connectivity index (χ0v) is 29.3. The highest BCUT2D eigenvalue weighted by atomic mass is 16.6. The molecule has 0 saturated carbocycles. The lowest BCUT2D eigenvalue weighted by Crippen LogP contribution is -2.44. The van der Waals surface area contributed by atoms with Crippen molar-refractivity contribution in [2.45, 2.75) is 135 Å². The van der Waals surface area contributed by atoms with Gasteiger partial charge in [-0.3, -0.25) is 9.78 Å². The predicted octanol–water partition coefficient (Wildman–Crippen LogP) is 9.40. The number of hydrogen-bond acceptors (Lipinski definition) is 7. The van der Waals surface area contributed by atoms with Gasteiger partial charge in [0.1, 0.15) is 18.8 Å². The minimum atomic E-state index is -0.951. The van der Waals surface area contributed by atoms with E-state index in [1.165, 1.54) is 89.9 Å². The van der Waals surface area contributed by atoms with E-state index in [0.29, 0.717) is 30.8 Å². The molecule has 0 radical (unpaired) electrons. The Hall–Kier alpha value is -3.46.